The molecule has 0 aliphatic carbocycles. The van der Waals surface area contributed by atoms with Crippen molar-refractivity contribution in [3.05, 3.63) is 76.7 Å². The minimum absolute atomic E-state index is 0.319. The van der Waals surface area contributed by atoms with Crippen LogP contribution >= 0.6 is 11.8 Å². The molecule has 0 spiro atoms. The summed E-state index contributed by atoms with van der Waals surface area (Å²) in [5.74, 6) is 0.197. The molecule has 1 saturated heterocycles. The zero-order chi connectivity index (χ0) is 18.5. The van der Waals surface area contributed by atoms with Gasteiger partial charge in [-0.2, -0.15) is 0 Å². The van der Waals surface area contributed by atoms with Gasteiger partial charge in [0.25, 0.3) is 11.1 Å². The van der Waals surface area contributed by atoms with Gasteiger partial charge < -0.3 is 4.74 Å². The van der Waals surface area contributed by atoms with Crippen LogP contribution < -0.4 is 9.64 Å². The number of rotatable bonds is 5. The van der Waals surface area contributed by atoms with Gasteiger partial charge in [-0.1, -0.05) is 48.5 Å². The van der Waals surface area contributed by atoms with Crippen molar-refractivity contribution in [1.29, 1.82) is 0 Å². The topological polar surface area (TPSA) is 46.6 Å². The first kappa shape index (κ1) is 18.0. The van der Waals surface area contributed by atoms with Gasteiger partial charge in [-0.15, -0.1) is 0 Å². The number of hydrogen-bond acceptors (Lipinski definition) is 4. The number of nitrogens with zero attached hydrogens (tertiary/aromatic N) is 1. The van der Waals surface area contributed by atoms with Gasteiger partial charge in [0, 0.05) is 0 Å². The van der Waals surface area contributed by atoms with Crippen LogP contribution in [0.15, 0.2) is 71.2 Å². The highest BCUT2D eigenvalue weighted by molar-refractivity contribution is 8.18. The van der Waals surface area contributed by atoms with Crippen molar-refractivity contribution in [2.45, 2.75) is 13.8 Å². The molecule has 0 saturated carbocycles. The first-order valence-corrected chi connectivity index (χ1v) is 9.15. The second-order valence-corrected chi connectivity index (χ2v) is 6.71. The monoisotopic (exact) mass is 365 g/mol. The number of benzene rings is 2. The largest absolute Gasteiger partial charge is 0.492 e. The Morgan fingerprint density at radius 1 is 1.08 bits per heavy atom. The van der Waals surface area contributed by atoms with Gasteiger partial charge in [-0.3, -0.25) is 9.59 Å². The van der Waals surface area contributed by atoms with E-state index in [4.69, 9.17) is 4.74 Å². The number of anilines is 1. The SMILES string of the molecule is CCOc1ccccc1N1C(=O)S/C(=C\C(C)=C\c2ccccc2)C1=O. The molecule has 0 bridgehead atoms. The van der Waals surface area contributed by atoms with E-state index >= 15 is 0 Å². The highest BCUT2D eigenvalue weighted by Gasteiger charge is 2.37. The van der Waals surface area contributed by atoms with Gasteiger partial charge in [0.1, 0.15) is 5.75 Å². The highest BCUT2D eigenvalue weighted by atomic mass is 32.2. The number of ether oxygens (including phenoxy) is 1. The molecule has 0 aromatic heterocycles. The first-order chi connectivity index (χ1) is 12.6. The van der Waals surface area contributed by atoms with Crippen molar-refractivity contribution in [3.63, 3.8) is 0 Å². The van der Waals surface area contributed by atoms with Crippen molar-refractivity contribution in [2.75, 3.05) is 11.5 Å². The average molecular weight is 365 g/mol. The van der Waals surface area contributed by atoms with Crippen molar-refractivity contribution in [2.24, 2.45) is 0 Å². The van der Waals surface area contributed by atoms with Gasteiger partial charge in [0.2, 0.25) is 0 Å². The molecule has 1 aliphatic heterocycles. The number of carbonyl (C=O) groups is 2. The Balaban J connectivity index is 1.89. The van der Waals surface area contributed by atoms with Crippen LogP contribution in [0, 0.1) is 0 Å². The van der Waals surface area contributed by atoms with Crippen LogP contribution in [0.5, 0.6) is 5.75 Å². The van der Waals surface area contributed by atoms with E-state index in [2.05, 4.69) is 0 Å². The summed E-state index contributed by atoms with van der Waals surface area (Å²) >= 11 is 0.944. The number of imide groups is 1. The van der Waals surface area contributed by atoms with Crippen LogP contribution in [-0.2, 0) is 4.79 Å². The summed E-state index contributed by atoms with van der Waals surface area (Å²) in [6.45, 7) is 4.24. The lowest BCUT2D eigenvalue weighted by Crippen LogP contribution is -2.28. The Morgan fingerprint density at radius 2 is 1.77 bits per heavy atom. The summed E-state index contributed by atoms with van der Waals surface area (Å²) < 4.78 is 5.56. The molecule has 0 radical (unpaired) electrons. The molecule has 132 valence electrons. The predicted molar refractivity (Wildman–Crippen MR) is 106 cm³/mol. The van der Waals surface area contributed by atoms with E-state index in [9.17, 15) is 9.59 Å². The molecule has 1 aliphatic rings. The second kappa shape index (κ2) is 8.06. The number of hydrogen-bond donors (Lipinski definition) is 0. The Bertz CT molecular complexity index is 887. The van der Waals surface area contributed by atoms with Crippen LogP contribution in [0.25, 0.3) is 6.08 Å². The number of carbonyl (C=O) groups excluding carboxylic acids is 2. The van der Waals surface area contributed by atoms with Gasteiger partial charge >= 0.3 is 0 Å². The van der Waals surface area contributed by atoms with Crippen LogP contribution in [0.1, 0.15) is 19.4 Å². The van der Waals surface area contributed by atoms with Crippen LogP contribution in [0.4, 0.5) is 10.5 Å². The zero-order valence-corrected chi connectivity index (χ0v) is 15.5. The molecule has 2 amide bonds. The van der Waals surface area contributed by atoms with E-state index in [0.29, 0.717) is 22.9 Å². The summed E-state index contributed by atoms with van der Waals surface area (Å²) in [4.78, 5) is 26.8. The highest BCUT2D eigenvalue weighted by Crippen LogP contribution is 2.39. The molecule has 26 heavy (non-hydrogen) atoms. The van der Waals surface area contributed by atoms with Crippen LogP contribution in [-0.4, -0.2) is 17.8 Å². The van der Waals surface area contributed by atoms with Gasteiger partial charge in [0.05, 0.1) is 17.2 Å². The lowest BCUT2D eigenvalue weighted by Gasteiger charge is -2.16. The summed E-state index contributed by atoms with van der Waals surface area (Å²) in [5, 5.41) is -0.319. The lowest BCUT2D eigenvalue weighted by molar-refractivity contribution is -0.113. The van der Waals surface area contributed by atoms with Crippen molar-refractivity contribution in [1.82, 2.24) is 0 Å². The fourth-order valence-electron chi connectivity index (χ4n) is 2.66. The fourth-order valence-corrected chi connectivity index (χ4v) is 3.54. The molecular formula is C21H19NO3S. The third kappa shape index (κ3) is 3.89. The number of amides is 2. The minimum Gasteiger partial charge on any atom is -0.492 e. The molecule has 2 aromatic rings. The van der Waals surface area contributed by atoms with Crippen LogP contribution in [0.3, 0.4) is 0 Å². The van der Waals surface area contributed by atoms with Crippen molar-refractivity contribution in [3.8, 4) is 5.75 Å². The van der Waals surface area contributed by atoms with Crippen LogP contribution in [0.2, 0.25) is 0 Å². The van der Waals surface area contributed by atoms with E-state index < -0.39 is 0 Å². The van der Waals surface area contributed by atoms with Gasteiger partial charge in [-0.25, -0.2) is 4.90 Å². The fraction of sp³-hybridized carbons (Fsp3) is 0.143. The Kier molecular flexibility index (Phi) is 5.58. The van der Waals surface area contributed by atoms with Crippen molar-refractivity contribution < 1.29 is 14.3 Å². The number of para-hydroxylation sites is 2. The molecule has 0 N–H and O–H groups in total. The maximum atomic E-state index is 12.8. The summed E-state index contributed by atoms with van der Waals surface area (Å²) in [6, 6.07) is 16.9. The average Bonchev–Trinajstić information content (AvgIpc) is 2.90. The quantitative estimate of drug-likeness (QED) is 0.677. The number of allylic oxidation sites excluding steroid dienone is 2. The van der Waals surface area contributed by atoms with E-state index in [1.165, 1.54) is 4.90 Å². The predicted octanol–water partition coefficient (Wildman–Crippen LogP) is 5.27. The van der Waals surface area contributed by atoms with E-state index in [0.717, 1.165) is 22.9 Å². The maximum absolute atomic E-state index is 12.8. The Hall–Kier alpha value is -2.79. The third-order valence-corrected chi connectivity index (χ3v) is 4.62. The normalized spacial score (nSPS) is 16.5. The first-order valence-electron chi connectivity index (χ1n) is 8.33. The smallest absolute Gasteiger partial charge is 0.298 e. The lowest BCUT2D eigenvalue weighted by atomic mass is 10.1. The summed E-state index contributed by atoms with van der Waals surface area (Å²) in [5.41, 5.74) is 2.42. The van der Waals surface area contributed by atoms with E-state index in [1.54, 1.807) is 24.3 Å². The summed E-state index contributed by atoms with van der Waals surface area (Å²) in [7, 11) is 0. The number of thioether (sulfide) groups is 1. The molecule has 1 heterocycles. The van der Waals surface area contributed by atoms with E-state index in [1.807, 2.05) is 56.3 Å². The Labute approximate surface area is 157 Å². The Morgan fingerprint density at radius 3 is 2.50 bits per heavy atom. The third-order valence-electron chi connectivity index (χ3n) is 3.75. The van der Waals surface area contributed by atoms with Gasteiger partial charge in [0.15, 0.2) is 0 Å². The summed E-state index contributed by atoms with van der Waals surface area (Å²) in [6.07, 6.45) is 3.73. The molecule has 3 rings (SSSR count). The molecular weight excluding hydrogens is 346 g/mol. The standard InChI is InChI=1S/C21H19NO3S/c1-3-25-18-12-8-7-11-17(18)22-20(23)19(26-21(22)24)14-15(2)13-16-9-5-4-6-10-16/h4-14H,3H2,1-2H3/b15-13+,19-14-. The second-order valence-electron chi connectivity index (χ2n) is 5.72. The molecule has 0 atom stereocenters. The minimum atomic E-state index is -0.326. The molecule has 4 nitrogen and oxygen atoms in total. The molecule has 1 fully saturated rings. The molecule has 2 aromatic carbocycles. The maximum Gasteiger partial charge on any atom is 0.298 e. The molecule has 5 heteroatoms. The zero-order valence-electron chi connectivity index (χ0n) is 14.6. The van der Waals surface area contributed by atoms with E-state index in [-0.39, 0.29) is 11.1 Å². The molecule has 0 unspecified atom stereocenters. The van der Waals surface area contributed by atoms with Gasteiger partial charge in [-0.05, 0) is 55.0 Å². The van der Waals surface area contributed by atoms with Crippen molar-refractivity contribution >= 4 is 34.7 Å².